The van der Waals surface area contributed by atoms with Gasteiger partial charge in [-0.15, -0.1) is 0 Å². The summed E-state index contributed by atoms with van der Waals surface area (Å²) >= 11 is 0. The zero-order valence-electron chi connectivity index (χ0n) is 9.94. The standard InChI is InChI=1S/C11H13NO7/c13-3-4-18-5-6-19-10-7-8(11(14)15)1-2-9(10)12(16)17/h1-2,7,13H,3-6H2,(H,14,15). The first kappa shape index (κ1) is 14.9. The molecular weight excluding hydrogens is 258 g/mol. The monoisotopic (exact) mass is 271 g/mol. The lowest BCUT2D eigenvalue weighted by molar-refractivity contribution is -0.385. The lowest BCUT2D eigenvalue weighted by Gasteiger charge is -2.07. The van der Waals surface area contributed by atoms with Crippen molar-refractivity contribution in [3.8, 4) is 5.75 Å². The quantitative estimate of drug-likeness (QED) is 0.405. The van der Waals surface area contributed by atoms with Crippen LogP contribution in [0.4, 0.5) is 5.69 Å². The van der Waals surface area contributed by atoms with Crippen molar-refractivity contribution in [3.63, 3.8) is 0 Å². The van der Waals surface area contributed by atoms with Crippen LogP contribution in [0.25, 0.3) is 0 Å². The summed E-state index contributed by atoms with van der Waals surface area (Å²) in [6.07, 6.45) is 0. The molecule has 0 atom stereocenters. The van der Waals surface area contributed by atoms with E-state index in [0.29, 0.717) is 0 Å². The average Bonchev–Trinajstić information content (AvgIpc) is 2.38. The molecule has 8 heteroatoms. The van der Waals surface area contributed by atoms with E-state index in [4.69, 9.17) is 19.7 Å². The molecule has 0 bridgehead atoms. The second-order valence-corrected chi connectivity index (χ2v) is 3.43. The fourth-order valence-corrected chi connectivity index (χ4v) is 1.29. The van der Waals surface area contributed by atoms with Crippen LogP contribution in [0, 0.1) is 10.1 Å². The highest BCUT2D eigenvalue weighted by molar-refractivity contribution is 5.88. The Morgan fingerprint density at radius 1 is 1.32 bits per heavy atom. The molecule has 0 unspecified atom stereocenters. The molecule has 2 N–H and O–H groups in total. The van der Waals surface area contributed by atoms with Gasteiger partial charge in [0.25, 0.3) is 0 Å². The van der Waals surface area contributed by atoms with Crippen LogP contribution >= 0.6 is 0 Å². The van der Waals surface area contributed by atoms with E-state index in [1.54, 1.807) is 0 Å². The Balaban J connectivity index is 2.74. The lowest BCUT2D eigenvalue weighted by Crippen LogP contribution is -2.10. The van der Waals surface area contributed by atoms with Gasteiger partial charge in [-0.05, 0) is 6.07 Å². The van der Waals surface area contributed by atoms with Crippen LogP contribution in [0.3, 0.4) is 0 Å². The smallest absolute Gasteiger partial charge is 0.335 e. The number of benzene rings is 1. The number of nitro benzene ring substituents is 1. The van der Waals surface area contributed by atoms with Crippen molar-refractivity contribution >= 4 is 11.7 Å². The van der Waals surface area contributed by atoms with Crippen LogP contribution in [0.5, 0.6) is 5.75 Å². The van der Waals surface area contributed by atoms with E-state index in [1.807, 2.05) is 0 Å². The van der Waals surface area contributed by atoms with Gasteiger partial charge in [0.2, 0.25) is 0 Å². The predicted molar refractivity (Wildman–Crippen MR) is 63.5 cm³/mol. The molecule has 8 nitrogen and oxygen atoms in total. The molecule has 0 saturated heterocycles. The Morgan fingerprint density at radius 2 is 2.05 bits per heavy atom. The molecule has 0 fully saturated rings. The van der Waals surface area contributed by atoms with Crippen molar-refractivity contribution in [1.29, 1.82) is 0 Å². The maximum absolute atomic E-state index is 10.8. The van der Waals surface area contributed by atoms with Gasteiger partial charge in [-0.2, -0.15) is 0 Å². The number of aliphatic hydroxyl groups is 1. The van der Waals surface area contributed by atoms with Gasteiger partial charge in [0, 0.05) is 12.1 Å². The number of hydrogen-bond donors (Lipinski definition) is 2. The van der Waals surface area contributed by atoms with Gasteiger partial charge in [0.1, 0.15) is 6.61 Å². The number of ether oxygens (including phenoxy) is 2. The zero-order chi connectivity index (χ0) is 14.3. The maximum Gasteiger partial charge on any atom is 0.335 e. The molecule has 19 heavy (non-hydrogen) atoms. The maximum atomic E-state index is 10.8. The van der Waals surface area contributed by atoms with Crippen molar-refractivity contribution in [3.05, 3.63) is 33.9 Å². The molecule has 104 valence electrons. The third-order valence-corrected chi connectivity index (χ3v) is 2.12. The van der Waals surface area contributed by atoms with Crippen LogP contribution in [-0.4, -0.2) is 47.5 Å². The van der Waals surface area contributed by atoms with Crippen molar-refractivity contribution in [1.82, 2.24) is 0 Å². The highest BCUT2D eigenvalue weighted by Crippen LogP contribution is 2.27. The molecule has 0 saturated carbocycles. The molecule has 1 aromatic rings. The number of aromatic carboxylic acids is 1. The summed E-state index contributed by atoms with van der Waals surface area (Å²) in [6, 6.07) is 3.30. The minimum Gasteiger partial charge on any atom is -0.484 e. The molecule has 0 aliphatic heterocycles. The number of aliphatic hydroxyl groups excluding tert-OH is 1. The number of hydrogen-bond acceptors (Lipinski definition) is 6. The zero-order valence-corrected chi connectivity index (χ0v) is 9.94. The third kappa shape index (κ3) is 4.53. The summed E-state index contributed by atoms with van der Waals surface area (Å²) in [4.78, 5) is 20.9. The number of carboxylic acid groups (broad SMARTS) is 1. The minimum atomic E-state index is -1.20. The van der Waals surface area contributed by atoms with Crippen molar-refractivity contribution in [2.24, 2.45) is 0 Å². The summed E-state index contributed by atoms with van der Waals surface area (Å²) in [6.45, 7) is 0.161. The second kappa shape index (κ2) is 7.29. The molecular formula is C11H13NO7. The van der Waals surface area contributed by atoms with E-state index in [0.717, 1.165) is 18.2 Å². The van der Waals surface area contributed by atoms with E-state index >= 15 is 0 Å². The van der Waals surface area contributed by atoms with Gasteiger partial charge < -0.3 is 19.7 Å². The van der Waals surface area contributed by atoms with E-state index in [-0.39, 0.29) is 43.4 Å². The van der Waals surface area contributed by atoms with Crippen LogP contribution in [0.1, 0.15) is 10.4 Å². The summed E-state index contributed by atoms with van der Waals surface area (Å²) in [5.41, 5.74) is -0.413. The molecule has 0 amide bonds. The summed E-state index contributed by atoms with van der Waals surface area (Å²) in [5.74, 6) is -1.33. The Hall–Kier alpha value is -2.19. The Bertz CT molecular complexity index is 460. The predicted octanol–water partition coefficient (Wildman–Crippen LogP) is 0.681. The highest BCUT2D eigenvalue weighted by atomic mass is 16.6. The van der Waals surface area contributed by atoms with Crippen molar-refractivity contribution in [2.45, 2.75) is 0 Å². The largest absolute Gasteiger partial charge is 0.484 e. The molecule has 0 aromatic heterocycles. The topological polar surface area (TPSA) is 119 Å². The van der Waals surface area contributed by atoms with E-state index in [2.05, 4.69) is 0 Å². The van der Waals surface area contributed by atoms with Gasteiger partial charge in [0.15, 0.2) is 5.75 Å². The number of rotatable bonds is 8. The first-order valence-corrected chi connectivity index (χ1v) is 5.39. The number of carbonyl (C=O) groups is 1. The molecule has 0 heterocycles. The highest BCUT2D eigenvalue weighted by Gasteiger charge is 2.17. The van der Waals surface area contributed by atoms with Gasteiger partial charge in [-0.3, -0.25) is 10.1 Å². The SMILES string of the molecule is O=C(O)c1ccc([N+](=O)[O-])c(OCCOCCO)c1. The first-order valence-electron chi connectivity index (χ1n) is 5.39. The summed E-state index contributed by atoms with van der Waals surface area (Å²) in [7, 11) is 0. The number of nitrogens with zero attached hydrogens (tertiary/aromatic N) is 1. The second-order valence-electron chi connectivity index (χ2n) is 3.43. The van der Waals surface area contributed by atoms with Gasteiger partial charge in [-0.25, -0.2) is 4.79 Å². The molecule has 0 spiro atoms. The van der Waals surface area contributed by atoms with Crippen LogP contribution in [-0.2, 0) is 4.74 Å². The average molecular weight is 271 g/mol. The van der Waals surface area contributed by atoms with Crippen molar-refractivity contribution < 1.29 is 29.4 Å². The number of carboxylic acids is 1. The van der Waals surface area contributed by atoms with Crippen molar-refractivity contribution in [2.75, 3.05) is 26.4 Å². The Morgan fingerprint density at radius 3 is 2.63 bits per heavy atom. The summed E-state index contributed by atoms with van der Waals surface area (Å²) in [5, 5.41) is 28.0. The molecule has 1 rings (SSSR count). The summed E-state index contributed by atoms with van der Waals surface area (Å²) < 4.78 is 10.0. The molecule has 1 aromatic carbocycles. The Labute approximate surface area is 108 Å². The van der Waals surface area contributed by atoms with Crippen LogP contribution in [0.2, 0.25) is 0 Å². The molecule has 0 aliphatic rings. The van der Waals surface area contributed by atoms with Crippen LogP contribution in [0.15, 0.2) is 18.2 Å². The normalized spacial score (nSPS) is 10.2. The first-order chi connectivity index (χ1) is 9.06. The van der Waals surface area contributed by atoms with E-state index in [9.17, 15) is 14.9 Å². The fraction of sp³-hybridized carbons (Fsp3) is 0.364. The van der Waals surface area contributed by atoms with Gasteiger partial charge >= 0.3 is 11.7 Å². The lowest BCUT2D eigenvalue weighted by atomic mass is 10.2. The van der Waals surface area contributed by atoms with E-state index in [1.165, 1.54) is 0 Å². The van der Waals surface area contributed by atoms with Crippen LogP contribution < -0.4 is 4.74 Å². The Kier molecular flexibility index (Phi) is 5.71. The third-order valence-electron chi connectivity index (χ3n) is 2.12. The van der Waals surface area contributed by atoms with E-state index < -0.39 is 10.9 Å². The van der Waals surface area contributed by atoms with Gasteiger partial charge in [-0.1, -0.05) is 0 Å². The molecule has 0 aliphatic carbocycles. The number of nitro groups is 1. The molecule has 0 radical (unpaired) electrons. The minimum absolute atomic E-state index is 0.0178. The van der Waals surface area contributed by atoms with Gasteiger partial charge in [0.05, 0.1) is 30.3 Å². The fourth-order valence-electron chi connectivity index (χ4n) is 1.29.